The summed E-state index contributed by atoms with van der Waals surface area (Å²) >= 11 is 6.83. The van der Waals surface area contributed by atoms with Crippen LogP contribution in [-0.4, -0.2) is 28.1 Å². The molecule has 1 atom stereocenters. The lowest BCUT2D eigenvalue weighted by Crippen LogP contribution is -2.42. The van der Waals surface area contributed by atoms with E-state index in [1.54, 1.807) is 24.3 Å². The van der Waals surface area contributed by atoms with Crippen LogP contribution in [0.4, 0.5) is 0 Å². The third kappa shape index (κ3) is 4.21. The number of nitrogens with one attached hydrogen (secondary N) is 1. The van der Waals surface area contributed by atoms with Crippen LogP contribution in [0.3, 0.4) is 0 Å². The van der Waals surface area contributed by atoms with E-state index in [4.69, 9.17) is 11.6 Å². The molecule has 2 rings (SSSR count). The third-order valence-electron chi connectivity index (χ3n) is 2.78. The largest absolute Gasteiger partial charge is 0.508 e. The molecule has 21 heavy (non-hydrogen) atoms. The minimum Gasteiger partial charge on any atom is -0.508 e. The van der Waals surface area contributed by atoms with Crippen LogP contribution in [0.25, 0.3) is 0 Å². The zero-order valence-corrected chi connectivity index (χ0v) is 12.3. The smallest absolute Gasteiger partial charge is 0.326 e. The number of phenolic OH excluding ortho intramolecular Hbond substituents is 1. The first kappa shape index (κ1) is 15.3. The molecule has 1 heterocycles. The number of halogens is 1. The molecular formula is C14H12ClNO4S. The van der Waals surface area contributed by atoms with E-state index in [1.807, 2.05) is 0 Å². The van der Waals surface area contributed by atoms with Gasteiger partial charge in [0.25, 0.3) is 5.91 Å². The van der Waals surface area contributed by atoms with Gasteiger partial charge in [0.2, 0.25) is 0 Å². The van der Waals surface area contributed by atoms with Crippen molar-refractivity contribution < 1.29 is 19.8 Å². The van der Waals surface area contributed by atoms with Gasteiger partial charge in [-0.05, 0) is 29.8 Å². The summed E-state index contributed by atoms with van der Waals surface area (Å²) in [7, 11) is 0. The molecule has 0 aliphatic carbocycles. The maximum Gasteiger partial charge on any atom is 0.326 e. The quantitative estimate of drug-likeness (QED) is 0.788. The fraction of sp³-hybridized carbons (Fsp3) is 0.143. The predicted molar refractivity (Wildman–Crippen MR) is 80.0 cm³/mol. The number of rotatable bonds is 5. The zero-order valence-electron chi connectivity index (χ0n) is 10.7. The first-order valence-electron chi connectivity index (χ1n) is 6.02. The molecule has 3 N–H and O–H groups in total. The van der Waals surface area contributed by atoms with Crippen LogP contribution >= 0.6 is 22.9 Å². The van der Waals surface area contributed by atoms with E-state index in [2.05, 4.69) is 5.32 Å². The summed E-state index contributed by atoms with van der Waals surface area (Å²) in [6.07, 6.45) is 0.125. The maximum absolute atomic E-state index is 12.0. The Balaban J connectivity index is 2.07. The summed E-state index contributed by atoms with van der Waals surface area (Å²) in [4.78, 5) is 23.6. The molecule has 5 nitrogen and oxygen atoms in total. The van der Waals surface area contributed by atoms with Crippen LogP contribution in [0.2, 0.25) is 4.34 Å². The molecule has 0 bridgehead atoms. The highest BCUT2D eigenvalue weighted by molar-refractivity contribution is 7.18. The Labute approximate surface area is 129 Å². The molecule has 110 valence electrons. The number of carbonyl (C=O) groups is 2. The van der Waals surface area contributed by atoms with Crippen LogP contribution in [-0.2, 0) is 11.2 Å². The molecule has 0 saturated carbocycles. The summed E-state index contributed by atoms with van der Waals surface area (Å²) in [5, 5.41) is 20.9. The Bertz CT molecular complexity index is 653. The second kappa shape index (κ2) is 6.60. The Kier molecular flexibility index (Phi) is 4.82. The predicted octanol–water partition coefficient (Wildman–Crippen LogP) is 2.53. The number of carboxylic acids is 1. The summed E-state index contributed by atoms with van der Waals surface area (Å²) in [6.45, 7) is 0. The molecule has 1 amide bonds. The van der Waals surface area contributed by atoms with Gasteiger partial charge in [0.1, 0.15) is 11.8 Å². The second-order valence-electron chi connectivity index (χ2n) is 4.34. The van der Waals surface area contributed by atoms with Gasteiger partial charge < -0.3 is 15.5 Å². The van der Waals surface area contributed by atoms with Crippen molar-refractivity contribution in [2.24, 2.45) is 0 Å². The summed E-state index contributed by atoms with van der Waals surface area (Å²) in [5.74, 6) is -1.50. The van der Waals surface area contributed by atoms with Gasteiger partial charge in [-0.2, -0.15) is 0 Å². The number of thiophene rings is 1. The highest BCUT2D eigenvalue weighted by Crippen LogP contribution is 2.21. The number of benzene rings is 1. The van der Waals surface area contributed by atoms with Crippen molar-refractivity contribution >= 4 is 34.8 Å². The van der Waals surface area contributed by atoms with Crippen molar-refractivity contribution in [2.45, 2.75) is 12.5 Å². The molecule has 0 aliphatic rings. The second-order valence-corrected chi connectivity index (χ2v) is 6.05. The molecule has 0 spiro atoms. The zero-order chi connectivity index (χ0) is 15.4. The lowest BCUT2D eigenvalue weighted by molar-refractivity contribution is -0.139. The van der Waals surface area contributed by atoms with Crippen molar-refractivity contribution in [3.05, 3.63) is 51.2 Å². The van der Waals surface area contributed by atoms with E-state index in [-0.39, 0.29) is 12.2 Å². The number of aromatic hydroxyl groups is 1. The number of aliphatic carboxylic acids is 1. The van der Waals surface area contributed by atoms with Crippen LogP contribution in [0.1, 0.15) is 15.2 Å². The lowest BCUT2D eigenvalue weighted by Gasteiger charge is -2.14. The number of carbonyl (C=O) groups excluding carboxylic acids is 1. The Morgan fingerprint density at radius 2 is 1.86 bits per heavy atom. The lowest BCUT2D eigenvalue weighted by atomic mass is 10.1. The SMILES string of the molecule is O=C(NC(Cc1ccc(O)cc1)C(=O)O)c1ccc(Cl)s1. The van der Waals surface area contributed by atoms with Gasteiger partial charge in [0.15, 0.2) is 0 Å². The highest BCUT2D eigenvalue weighted by atomic mass is 35.5. The topological polar surface area (TPSA) is 86.6 Å². The van der Waals surface area contributed by atoms with E-state index in [0.717, 1.165) is 11.3 Å². The van der Waals surface area contributed by atoms with E-state index in [9.17, 15) is 19.8 Å². The van der Waals surface area contributed by atoms with Gasteiger partial charge >= 0.3 is 5.97 Å². The molecule has 0 saturated heterocycles. The minimum atomic E-state index is -1.13. The molecule has 0 aliphatic heterocycles. The van der Waals surface area contributed by atoms with Gasteiger partial charge in [-0.1, -0.05) is 23.7 Å². The van der Waals surface area contributed by atoms with E-state index < -0.39 is 17.9 Å². The first-order chi connectivity index (χ1) is 9.95. The van der Waals surface area contributed by atoms with E-state index >= 15 is 0 Å². The molecule has 7 heteroatoms. The Morgan fingerprint density at radius 1 is 1.19 bits per heavy atom. The van der Waals surface area contributed by atoms with Crippen LogP contribution < -0.4 is 5.32 Å². The molecule has 1 aromatic heterocycles. The maximum atomic E-state index is 12.0. The number of hydrogen-bond acceptors (Lipinski definition) is 4. The Hall–Kier alpha value is -2.05. The van der Waals surface area contributed by atoms with Crippen LogP contribution in [0, 0.1) is 0 Å². The van der Waals surface area contributed by atoms with Gasteiger partial charge in [-0.15, -0.1) is 11.3 Å². The van der Waals surface area contributed by atoms with Crippen molar-refractivity contribution in [3.63, 3.8) is 0 Å². The fourth-order valence-electron chi connectivity index (χ4n) is 1.73. The average molecular weight is 326 g/mol. The Morgan fingerprint density at radius 3 is 2.38 bits per heavy atom. The number of amides is 1. The van der Waals surface area contributed by atoms with Crippen molar-refractivity contribution in [1.29, 1.82) is 0 Å². The molecule has 1 aromatic carbocycles. The minimum absolute atomic E-state index is 0.0999. The van der Waals surface area contributed by atoms with Crippen LogP contribution in [0.5, 0.6) is 5.75 Å². The molecular weight excluding hydrogens is 314 g/mol. The standard InChI is InChI=1S/C14H12ClNO4S/c15-12-6-5-11(21-12)13(18)16-10(14(19)20)7-8-1-3-9(17)4-2-8/h1-6,10,17H,7H2,(H,16,18)(H,19,20). The average Bonchev–Trinajstić information content (AvgIpc) is 2.87. The molecule has 0 radical (unpaired) electrons. The third-order valence-corrected chi connectivity index (χ3v) is 4.01. The number of carboxylic acid groups (broad SMARTS) is 1. The van der Waals surface area contributed by atoms with Crippen molar-refractivity contribution in [3.8, 4) is 5.75 Å². The number of phenols is 1. The normalized spacial score (nSPS) is 11.9. The van der Waals surface area contributed by atoms with Gasteiger partial charge in [-0.3, -0.25) is 4.79 Å². The first-order valence-corrected chi connectivity index (χ1v) is 7.22. The summed E-state index contributed by atoms with van der Waals surface area (Å²) in [5.41, 5.74) is 0.699. The van der Waals surface area contributed by atoms with Crippen molar-refractivity contribution in [2.75, 3.05) is 0 Å². The number of hydrogen-bond donors (Lipinski definition) is 3. The fourth-order valence-corrected chi connectivity index (χ4v) is 2.68. The highest BCUT2D eigenvalue weighted by Gasteiger charge is 2.21. The summed E-state index contributed by atoms with van der Waals surface area (Å²) in [6, 6.07) is 8.23. The summed E-state index contributed by atoms with van der Waals surface area (Å²) < 4.78 is 0.463. The molecule has 0 fully saturated rings. The molecule has 1 unspecified atom stereocenters. The van der Waals surface area contributed by atoms with Gasteiger partial charge in [0, 0.05) is 6.42 Å². The molecule has 2 aromatic rings. The van der Waals surface area contributed by atoms with Gasteiger partial charge in [-0.25, -0.2) is 4.79 Å². The van der Waals surface area contributed by atoms with E-state index in [0.29, 0.717) is 14.8 Å². The van der Waals surface area contributed by atoms with Crippen LogP contribution in [0.15, 0.2) is 36.4 Å². The van der Waals surface area contributed by atoms with Crippen molar-refractivity contribution in [1.82, 2.24) is 5.32 Å². The van der Waals surface area contributed by atoms with E-state index in [1.165, 1.54) is 12.1 Å². The monoisotopic (exact) mass is 325 g/mol. The van der Waals surface area contributed by atoms with Gasteiger partial charge in [0.05, 0.1) is 9.21 Å².